The van der Waals surface area contributed by atoms with E-state index in [4.69, 9.17) is 0 Å². The first kappa shape index (κ1) is 14.5. The Morgan fingerprint density at radius 1 is 0.917 bits per heavy atom. The Morgan fingerprint density at radius 3 is 1.92 bits per heavy atom. The Bertz CT molecular complexity index is 276. The van der Waals surface area contributed by atoms with Crippen molar-refractivity contribution in [2.24, 2.45) is 0 Å². The van der Waals surface area contributed by atoms with Gasteiger partial charge in [0, 0.05) is 22.8 Å². The van der Waals surface area contributed by atoms with E-state index in [1.807, 2.05) is 6.07 Å². The summed E-state index contributed by atoms with van der Waals surface area (Å²) in [5.41, 5.74) is 0. The normalized spacial score (nSPS) is 9.42. The zero-order chi connectivity index (χ0) is 8.59. The molecule has 0 bridgehead atoms. The van der Waals surface area contributed by atoms with Crippen LogP contribution in [0.4, 0.5) is 0 Å². The van der Waals surface area contributed by atoms with Crippen molar-refractivity contribution in [3.05, 3.63) is 24.0 Å². The molecule has 1 aromatic carbocycles. The number of halogens is 4. The van der Waals surface area contributed by atoms with Gasteiger partial charge in [-0.25, -0.2) is 0 Å². The Hall–Kier alpha value is 2.49. The van der Waals surface area contributed by atoms with E-state index in [0.717, 1.165) is 22.8 Å². The van der Waals surface area contributed by atoms with E-state index >= 15 is 0 Å². The molecule has 1 aromatic rings. The van der Waals surface area contributed by atoms with Crippen molar-refractivity contribution in [3.8, 4) is 0 Å². The predicted molar refractivity (Wildman–Crippen MR) is 71.6 cm³/mol. The fourth-order valence-electron chi connectivity index (χ4n) is 0.557. The standard InChI is InChI=1S/C6H2Br4S.Na.H/c7-2-1-3(8)6(11)5(10)4(2)9;;/h1,11H;;. The fraction of sp³-hybridized carbons (Fsp3) is 0. The molecule has 0 nitrogen and oxygen atoms in total. The van der Waals surface area contributed by atoms with Gasteiger partial charge in [-0.2, -0.15) is 0 Å². The third kappa shape index (κ3) is 3.26. The fourth-order valence-corrected chi connectivity index (χ4v) is 3.32. The molecule has 0 aliphatic carbocycles. The van der Waals surface area contributed by atoms with Crippen LogP contribution >= 0.6 is 76.3 Å². The summed E-state index contributed by atoms with van der Waals surface area (Å²) in [6.45, 7) is 0. The van der Waals surface area contributed by atoms with Crippen LogP contribution < -0.4 is 0 Å². The van der Waals surface area contributed by atoms with E-state index in [9.17, 15) is 0 Å². The number of hydrogen-bond donors (Lipinski definition) is 1. The molecule has 0 fully saturated rings. The van der Waals surface area contributed by atoms with Crippen LogP contribution in [0.15, 0.2) is 28.9 Å². The van der Waals surface area contributed by atoms with Crippen molar-refractivity contribution >= 4 is 106 Å². The van der Waals surface area contributed by atoms with Crippen molar-refractivity contribution in [2.75, 3.05) is 0 Å². The van der Waals surface area contributed by atoms with E-state index in [1.165, 1.54) is 0 Å². The minimum atomic E-state index is 0. The summed E-state index contributed by atoms with van der Waals surface area (Å²) < 4.78 is 3.88. The summed E-state index contributed by atoms with van der Waals surface area (Å²) in [6, 6.07) is 1.94. The van der Waals surface area contributed by atoms with Gasteiger partial charge in [-0.1, -0.05) is 0 Å². The summed E-state index contributed by atoms with van der Waals surface area (Å²) in [6.07, 6.45) is 0. The van der Waals surface area contributed by atoms with Gasteiger partial charge >= 0.3 is 29.6 Å². The van der Waals surface area contributed by atoms with Crippen LogP contribution in [0.2, 0.25) is 0 Å². The van der Waals surface area contributed by atoms with E-state index in [-0.39, 0.29) is 29.6 Å². The van der Waals surface area contributed by atoms with Crippen molar-refractivity contribution < 1.29 is 0 Å². The summed E-state index contributed by atoms with van der Waals surface area (Å²) in [7, 11) is 0. The monoisotopic (exact) mass is 446 g/mol. The van der Waals surface area contributed by atoms with Gasteiger partial charge in [0.05, 0.1) is 0 Å². The van der Waals surface area contributed by atoms with Gasteiger partial charge < -0.3 is 0 Å². The molecule has 0 saturated heterocycles. The summed E-state index contributed by atoms with van der Waals surface area (Å²) in [4.78, 5) is 0.889. The molecule has 0 spiro atoms. The van der Waals surface area contributed by atoms with E-state index in [2.05, 4.69) is 76.3 Å². The predicted octanol–water partition coefficient (Wildman–Crippen LogP) is 4.38. The molecule has 0 saturated carbocycles. The quantitative estimate of drug-likeness (QED) is 0.258. The molecule has 0 heterocycles. The molecule has 62 valence electrons. The number of thiol groups is 1. The molecule has 0 amide bonds. The number of hydrogen-bond acceptors (Lipinski definition) is 1. The molecule has 1 rings (SSSR count). The molecule has 0 N–H and O–H groups in total. The molecule has 12 heavy (non-hydrogen) atoms. The van der Waals surface area contributed by atoms with E-state index in [0.29, 0.717) is 0 Å². The van der Waals surface area contributed by atoms with Crippen molar-refractivity contribution in [1.29, 1.82) is 0 Å². The second-order valence-corrected chi connectivity index (χ2v) is 5.56. The van der Waals surface area contributed by atoms with Gasteiger partial charge in [-0.3, -0.25) is 0 Å². The van der Waals surface area contributed by atoms with Crippen molar-refractivity contribution in [3.63, 3.8) is 0 Å². The Labute approximate surface area is 132 Å². The first-order valence-electron chi connectivity index (χ1n) is 2.56. The maximum atomic E-state index is 4.28. The summed E-state index contributed by atoms with van der Waals surface area (Å²) >= 11 is 17.8. The van der Waals surface area contributed by atoms with Crippen molar-refractivity contribution in [2.45, 2.75) is 4.90 Å². The zero-order valence-electron chi connectivity index (χ0n) is 5.04. The van der Waals surface area contributed by atoms with Crippen LogP contribution in [0.25, 0.3) is 0 Å². The minimum absolute atomic E-state index is 0. The van der Waals surface area contributed by atoms with Gasteiger partial charge in [-0.05, 0) is 69.8 Å². The Morgan fingerprint density at radius 2 is 1.42 bits per heavy atom. The average Bonchev–Trinajstić information content (AvgIpc) is 1.97. The average molecular weight is 450 g/mol. The van der Waals surface area contributed by atoms with E-state index < -0.39 is 0 Å². The topological polar surface area (TPSA) is 0 Å². The number of rotatable bonds is 0. The van der Waals surface area contributed by atoms with Crippen LogP contribution in [0.3, 0.4) is 0 Å². The van der Waals surface area contributed by atoms with Gasteiger partial charge in [0.25, 0.3) is 0 Å². The number of benzene rings is 1. The van der Waals surface area contributed by atoms with Crippen LogP contribution in [-0.4, -0.2) is 29.6 Å². The molecule has 0 radical (unpaired) electrons. The molecule has 0 aliphatic heterocycles. The van der Waals surface area contributed by atoms with Gasteiger partial charge in [0.15, 0.2) is 0 Å². The molecule has 0 aliphatic rings. The molecule has 0 unspecified atom stereocenters. The Kier molecular flexibility index (Phi) is 7.43. The Balaban J connectivity index is 0.00000121. The maximum absolute atomic E-state index is 4.28. The van der Waals surface area contributed by atoms with Crippen LogP contribution in [0.1, 0.15) is 0 Å². The molecular formula is C6H3Br4NaS. The van der Waals surface area contributed by atoms with Crippen molar-refractivity contribution in [1.82, 2.24) is 0 Å². The van der Waals surface area contributed by atoms with Gasteiger partial charge in [0.1, 0.15) is 0 Å². The second kappa shape index (κ2) is 6.16. The zero-order valence-corrected chi connectivity index (χ0v) is 12.3. The third-order valence-electron chi connectivity index (χ3n) is 1.09. The molecular weight excluding hydrogens is 447 g/mol. The summed E-state index contributed by atoms with van der Waals surface area (Å²) in [5, 5.41) is 0. The first-order chi connectivity index (χ1) is 5.04. The SMILES string of the molecule is Sc1c(Br)cc(Br)c(Br)c1Br.[NaH]. The van der Waals surface area contributed by atoms with Gasteiger partial charge in [0.2, 0.25) is 0 Å². The molecule has 6 heteroatoms. The second-order valence-electron chi connectivity index (χ2n) is 1.82. The summed E-state index contributed by atoms with van der Waals surface area (Å²) in [5.74, 6) is 0. The molecule has 0 atom stereocenters. The van der Waals surface area contributed by atoms with Crippen LogP contribution in [-0.2, 0) is 0 Å². The van der Waals surface area contributed by atoms with Gasteiger partial charge in [-0.15, -0.1) is 12.6 Å². The van der Waals surface area contributed by atoms with Crippen LogP contribution in [0.5, 0.6) is 0 Å². The van der Waals surface area contributed by atoms with Crippen LogP contribution in [0, 0.1) is 0 Å². The molecule has 0 aromatic heterocycles. The third-order valence-corrected chi connectivity index (χ3v) is 6.10. The van der Waals surface area contributed by atoms with E-state index in [1.54, 1.807) is 0 Å². The first-order valence-corrected chi connectivity index (χ1v) is 6.18.